The number of phenolic OH excluding ortho intramolecular Hbond substituents is 1. The molecule has 1 aromatic carbocycles. The summed E-state index contributed by atoms with van der Waals surface area (Å²) in [5, 5.41) is 25.4. The number of carboxylic acids is 1. The number of aliphatic carboxylic acids is 1. The topological polar surface area (TPSA) is 188 Å². The zero-order valence-corrected chi connectivity index (χ0v) is 16.6. The minimum atomic E-state index is -1.28. The zero-order chi connectivity index (χ0) is 22.8. The molecule has 0 saturated heterocycles. The van der Waals surface area contributed by atoms with Gasteiger partial charge in [0.2, 0.25) is 17.7 Å². The second-order valence-electron chi connectivity index (χ2n) is 6.80. The molecule has 30 heavy (non-hydrogen) atoms. The van der Waals surface area contributed by atoms with Gasteiger partial charge in [0.05, 0.1) is 18.5 Å². The van der Waals surface area contributed by atoms with Crippen molar-refractivity contribution < 1.29 is 34.2 Å². The Labute approximate surface area is 173 Å². The van der Waals surface area contributed by atoms with Crippen LogP contribution >= 0.6 is 0 Å². The Bertz CT molecular complexity index is 780. The monoisotopic (exact) mass is 422 g/mol. The number of aromatic hydroxyl groups is 1. The second kappa shape index (κ2) is 11.5. The van der Waals surface area contributed by atoms with Crippen LogP contribution in [0.5, 0.6) is 5.75 Å². The van der Waals surface area contributed by atoms with E-state index in [1.54, 1.807) is 0 Å². The van der Waals surface area contributed by atoms with Crippen molar-refractivity contribution >= 4 is 30.0 Å². The number of benzene rings is 1. The molecular formula is C19H26N4O7. The summed E-state index contributed by atoms with van der Waals surface area (Å²) in [6.07, 6.45) is -0.336. The van der Waals surface area contributed by atoms with Crippen LogP contribution in [0.25, 0.3) is 0 Å². The molecule has 0 spiro atoms. The Balaban J connectivity index is 2.95. The quantitative estimate of drug-likeness (QED) is 0.231. The molecule has 0 aliphatic carbocycles. The largest absolute Gasteiger partial charge is 0.508 e. The van der Waals surface area contributed by atoms with E-state index in [0.717, 1.165) is 0 Å². The van der Waals surface area contributed by atoms with Gasteiger partial charge in [-0.2, -0.15) is 0 Å². The molecule has 0 aliphatic heterocycles. The number of nitrogens with one attached hydrogen (secondary N) is 3. The lowest BCUT2D eigenvalue weighted by atomic mass is 10.0. The fourth-order valence-corrected chi connectivity index (χ4v) is 2.39. The van der Waals surface area contributed by atoms with Gasteiger partial charge in [0, 0.05) is 6.42 Å². The van der Waals surface area contributed by atoms with Crippen LogP contribution in [0.2, 0.25) is 0 Å². The van der Waals surface area contributed by atoms with Crippen molar-refractivity contribution in [1.82, 2.24) is 16.0 Å². The van der Waals surface area contributed by atoms with Crippen molar-refractivity contribution in [3.63, 3.8) is 0 Å². The molecule has 1 rings (SSSR count). The Morgan fingerprint density at radius 3 is 2.10 bits per heavy atom. The van der Waals surface area contributed by atoms with Crippen LogP contribution < -0.4 is 21.7 Å². The molecule has 7 N–H and O–H groups in total. The first-order chi connectivity index (χ1) is 14.0. The molecule has 11 heteroatoms. The highest BCUT2D eigenvalue weighted by Crippen LogP contribution is 2.12. The second-order valence-corrected chi connectivity index (χ2v) is 6.80. The number of phenols is 1. The SMILES string of the molecule is C[C@H](N)C(=O)N[C@@H](C)C(=O)N[C@@H](Cc1ccc(O)cc1)C(=O)N[C@H](C=O)CC(=O)O. The van der Waals surface area contributed by atoms with Gasteiger partial charge in [0.15, 0.2) is 0 Å². The molecule has 3 amide bonds. The van der Waals surface area contributed by atoms with E-state index in [-0.39, 0.29) is 18.5 Å². The van der Waals surface area contributed by atoms with E-state index in [0.29, 0.717) is 5.56 Å². The summed E-state index contributed by atoms with van der Waals surface area (Å²) in [6.45, 7) is 2.85. The summed E-state index contributed by atoms with van der Waals surface area (Å²) in [6, 6.07) is 1.60. The van der Waals surface area contributed by atoms with Crippen LogP contribution in [0.4, 0.5) is 0 Å². The molecule has 0 aromatic heterocycles. The minimum Gasteiger partial charge on any atom is -0.508 e. The lowest BCUT2D eigenvalue weighted by molar-refractivity contribution is -0.139. The van der Waals surface area contributed by atoms with Crippen molar-refractivity contribution in [1.29, 1.82) is 0 Å². The number of carbonyl (C=O) groups is 5. The van der Waals surface area contributed by atoms with E-state index < -0.39 is 54.3 Å². The number of hydrogen-bond acceptors (Lipinski definition) is 7. The molecule has 0 unspecified atom stereocenters. The number of carboxylic acid groups (broad SMARTS) is 1. The first-order valence-corrected chi connectivity index (χ1v) is 9.15. The summed E-state index contributed by atoms with van der Waals surface area (Å²) >= 11 is 0. The average molecular weight is 422 g/mol. The van der Waals surface area contributed by atoms with Crippen molar-refractivity contribution in [2.45, 2.75) is 50.9 Å². The molecule has 0 radical (unpaired) electrons. The highest BCUT2D eigenvalue weighted by atomic mass is 16.4. The number of amides is 3. The Morgan fingerprint density at radius 1 is 1.00 bits per heavy atom. The standard InChI is InChI=1S/C19H26N4O7/c1-10(20)17(28)21-11(2)18(29)23-15(7-12-3-5-14(25)6-4-12)19(30)22-13(9-24)8-16(26)27/h3-6,9-11,13,15,25H,7-8,20H2,1-2H3,(H,21,28)(H,22,30)(H,23,29)(H,26,27)/t10-,11-,13-,15-/m0/s1. The van der Waals surface area contributed by atoms with Gasteiger partial charge in [-0.25, -0.2) is 0 Å². The maximum absolute atomic E-state index is 12.6. The molecule has 1 aromatic rings. The number of rotatable bonds is 11. The van der Waals surface area contributed by atoms with E-state index >= 15 is 0 Å². The summed E-state index contributed by atoms with van der Waals surface area (Å²) in [7, 11) is 0. The summed E-state index contributed by atoms with van der Waals surface area (Å²) in [4.78, 5) is 58.6. The molecule has 164 valence electrons. The summed E-state index contributed by atoms with van der Waals surface area (Å²) in [5.41, 5.74) is 6.03. The third-order valence-corrected chi connectivity index (χ3v) is 4.06. The van der Waals surface area contributed by atoms with Gasteiger partial charge in [0.1, 0.15) is 24.1 Å². The molecule has 0 aliphatic rings. The van der Waals surface area contributed by atoms with Crippen LogP contribution in [-0.2, 0) is 30.4 Å². The van der Waals surface area contributed by atoms with Gasteiger partial charge in [-0.3, -0.25) is 19.2 Å². The molecule has 0 saturated carbocycles. The zero-order valence-electron chi connectivity index (χ0n) is 16.6. The van der Waals surface area contributed by atoms with Gasteiger partial charge in [-0.15, -0.1) is 0 Å². The lowest BCUT2D eigenvalue weighted by Crippen LogP contribution is -2.56. The molecule has 0 heterocycles. The third kappa shape index (κ3) is 8.27. The lowest BCUT2D eigenvalue weighted by Gasteiger charge is -2.23. The van der Waals surface area contributed by atoms with Crippen molar-refractivity contribution in [3.05, 3.63) is 29.8 Å². The molecule has 0 bridgehead atoms. The molecule has 0 fully saturated rings. The maximum atomic E-state index is 12.6. The first-order valence-electron chi connectivity index (χ1n) is 9.15. The predicted octanol–water partition coefficient (Wildman–Crippen LogP) is -1.57. The maximum Gasteiger partial charge on any atom is 0.305 e. The van der Waals surface area contributed by atoms with Gasteiger partial charge < -0.3 is 36.7 Å². The van der Waals surface area contributed by atoms with E-state index in [1.165, 1.54) is 38.1 Å². The Morgan fingerprint density at radius 2 is 1.60 bits per heavy atom. The van der Waals surface area contributed by atoms with E-state index in [4.69, 9.17) is 10.8 Å². The molecule has 4 atom stereocenters. The fourth-order valence-electron chi connectivity index (χ4n) is 2.39. The number of hydrogen-bond donors (Lipinski definition) is 6. The van der Waals surface area contributed by atoms with Crippen LogP contribution in [0.15, 0.2) is 24.3 Å². The van der Waals surface area contributed by atoms with Crippen LogP contribution in [0.3, 0.4) is 0 Å². The van der Waals surface area contributed by atoms with Crippen LogP contribution in [0, 0.1) is 0 Å². The Hall–Kier alpha value is -3.47. The number of carbonyl (C=O) groups excluding carboxylic acids is 4. The van der Waals surface area contributed by atoms with Gasteiger partial charge in [-0.1, -0.05) is 12.1 Å². The smallest absolute Gasteiger partial charge is 0.305 e. The summed E-state index contributed by atoms with van der Waals surface area (Å²) < 4.78 is 0. The number of nitrogens with two attached hydrogens (primary N) is 1. The predicted molar refractivity (Wildman–Crippen MR) is 105 cm³/mol. The van der Waals surface area contributed by atoms with Crippen LogP contribution in [0.1, 0.15) is 25.8 Å². The van der Waals surface area contributed by atoms with Crippen molar-refractivity contribution in [2.24, 2.45) is 5.73 Å². The average Bonchev–Trinajstić information content (AvgIpc) is 2.67. The fraction of sp³-hybridized carbons (Fsp3) is 0.421. The van der Waals surface area contributed by atoms with Crippen molar-refractivity contribution in [3.8, 4) is 5.75 Å². The first kappa shape index (κ1) is 24.6. The minimum absolute atomic E-state index is 0.00946. The van der Waals surface area contributed by atoms with E-state index in [9.17, 15) is 29.1 Å². The summed E-state index contributed by atoms with van der Waals surface area (Å²) in [5.74, 6) is -3.28. The van der Waals surface area contributed by atoms with Gasteiger partial charge in [-0.05, 0) is 31.5 Å². The molecule has 11 nitrogen and oxygen atoms in total. The third-order valence-electron chi connectivity index (χ3n) is 4.06. The van der Waals surface area contributed by atoms with E-state index in [1.807, 2.05) is 0 Å². The van der Waals surface area contributed by atoms with Crippen LogP contribution in [-0.4, -0.2) is 64.4 Å². The normalized spacial score (nSPS) is 14.5. The van der Waals surface area contributed by atoms with Gasteiger partial charge in [0.25, 0.3) is 0 Å². The van der Waals surface area contributed by atoms with Crippen molar-refractivity contribution in [2.75, 3.05) is 0 Å². The highest BCUT2D eigenvalue weighted by Gasteiger charge is 2.27. The molecular weight excluding hydrogens is 396 g/mol. The van der Waals surface area contributed by atoms with E-state index in [2.05, 4.69) is 16.0 Å². The number of aldehydes is 1. The Kier molecular flexibility index (Phi) is 9.43. The van der Waals surface area contributed by atoms with Gasteiger partial charge >= 0.3 is 5.97 Å². The highest BCUT2D eigenvalue weighted by molar-refractivity contribution is 5.93.